The third kappa shape index (κ3) is 8.51. The molecule has 1 unspecified atom stereocenters. The maximum atomic E-state index is 13.1. The Morgan fingerprint density at radius 2 is 1.84 bits per heavy atom. The summed E-state index contributed by atoms with van der Waals surface area (Å²) in [6, 6.07) is 7.22. The van der Waals surface area contributed by atoms with Gasteiger partial charge in [0.05, 0.1) is 11.0 Å². The summed E-state index contributed by atoms with van der Waals surface area (Å²) in [7, 11) is -1.76. The van der Waals surface area contributed by atoms with E-state index in [-0.39, 0.29) is 30.1 Å². The smallest absolute Gasteiger partial charge is 0.243 e. The summed E-state index contributed by atoms with van der Waals surface area (Å²) in [4.78, 5) is 4.65. The van der Waals surface area contributed by atoms with Gasteiger partial charge in [-0.3, -0.25) is 4.99 Å². The summed E-state index contributed by atoms with van der Waals surface area (Å²) < 4.78 is 33.7. The Kier molecular flexibility index (Phi) is 13.0. The van der Waals surface area contributed by atoms with Crippen LogP contribution in [0.2, 0.25) is 0 Å². The molecular formula is C22H39IN4O3S. The number of nitrogens with one attached hydrogen (secondary N) is 2. The van der Waals surface area contributed by atoms with Crippen LogP contribution in [0.3, 0.4) is 0 Å². The first kappa shape index (κ1) is 28.1. The van der Waals surface area contributed by atoms with Gasteiger partial charge in [0.2, 0.25) is 10.0 Å². The number of aliphatic imine (C=N–C) groups is 1. The van der Waals surface area contributed by atoms with Crippen molar-refractivity contribution in [1.29, 1.82) is 0 Å². The molecule has 31 heavy (non-hydrogen) atoms. The highest BCUT2D eigenvalue weighted by atomic mass is 127. The third-order valence-corrected chi connectivity index (χ3v) is 7.42. The van der Waals surface area contributed by atoms with Crippen LogP contribution in [0.5, 0.6) is 0 Å². The first-order chi connectivity index (χ1) is 14.4. The molecule has 0 aliphatic carbocycles. The Labute approximate surface area is 205 Å². The average molecular weight is 567 g/mol. The molecule has 178 valence electrons. The molecule has 0 amide bonds. The lowest BCUT2D eigenvalue weighted by molar-refractivity contribution is 0.0258. The third-order valence-electron chi connectivity index (χ3n) is 5.42. The van der Waals surface area contributed by atoms with Gasteiger partial charge in [-0.25, -0.2) is 8.42 Å². The zero-order valence-electron chi connectivity index (χ0n) is 19.3. The molecule has 2 rings (SSSR count). The number of hydrogen-bond donors (Lipinski definition) is 2. The number of sulfonamides is 1. The molecule has 1 aliphatic rings. The molecular weight excluding hydrogens is 527 g/mol. The molecule has 9 heteroatoms. The van der Waals surface area contributed by atoms with E-state index in [0.29, 0.717) is 43.0 Å². The Balaban J connectivity index is 0.00000480. The molecule has 0 radical (unpaired) electrons. The van der Waals surface area contributed by atoms with Gasteiger partial charge in [-0.1, -0.05) is 38.5 Å². The van der Waals surface area contributed by atoms with Gasteiger partial charge in [-0.05, 0) is 43.7 Å². The van der Waals surface area contributed by atoms with Crippen LogP contribution in [0.4, 0.5) is 0 Å². The van der Waals surface area contributed by atoms with Crippen LogP contribution in [0.25, 0.3) is 0 Å². The predicted octanol–water partition coefficient (Wildman–Crippen LogP) is 3.60. The monoisotopic (exact) mass is 566 g/mol. The van der Waals surface area contributed by atoms with Crippen molar-refractivity contribution >= 4 is 40.0 Å². The fraction of sp³-hybridized carbons (Fsp3) is 0.682. The fourth-order valence-electron chi connectivity index (χ4n) is 3.70. The maximum Gasteiger partial charge on any atom is 0.243 e. The molecule has 0 bridgehead atoms. The lowest BCUT2D eigenvalue weighted by Gasteiger charge is -2.27. The molecule has 1 heterocycles. The topological polar surface area (TPSA) is 83.0 Å². The molecule has 0 spiro atoms. The van der Waals surface area contributed by atoms with Gasteiger partial charge >= 0.3 is 0 Å². The van der Waals surface area contributed by atoms with Crippen LogP contribution >= 0.6 is 24.0 Å². The van der Waals surface area contributed by atoms with E-state index in [1.165, 1.54) is 0 Å². The van der Waals surface area contributed by atoms with Crippen molar-refractivity contribution in [2.75, 3.05) is 33.3 Å². The minimum Gasteiger partial charge on any atom is -0.378 e. The van der Waals surface area contributed by atoms with E-state index in [0.717, 1.165) is 37.8 Å². The maximum absolute atomic E-state index is 13.1. The van der Waals surface area contributed by atoms with Crippen LogP contribution in [-0.2, 0) is 21.3 Å². The highest BCUT2D eigenvalue weighted by Gasteiger charge is 2.27. The van der Waals surface area contributed by atoms with Crippen molar-refractivity contribution in [2.24, 2.45) is 10.9 Å². The van der Waals surface area contributed by atoms with Crippen molar-refractivity contribution in [3.8, 4) is 0 Å². The van der Waals surface area contributed by atoms with Crippen LogP contribution in [-0.4, -0.2) is 58.1 Å². The highest BCUT2D eigenvalue weighted by Crippen LogP contribution is 2.23. The van der Waals surface area contributed by atoms with E-state index in [9.17, 15) is 8.42 Å². The number of benzene rings is 1. The summed E-state index contributed by atoms with van der Waals surface area (Å²) in [6.45, 7) is 9.36. The van der Waals surface area contributed by atoms with E-state index in [4.69, 9.17) is 4.74 Å². The molecule has 2 N–H and O–H groups in total. The van der Waals surface area contributed by atoms with Gasteiger partial charge < -0.3 is 15.4 Å². The SMILES string of the molecule is CCOC(CCNC(=NC)NCc1ccccc1S(=O)(=O)N1CCCCC1)C(C)C.I. The molecule has 1 aromatic rings. The number of halogens is 1. The van der Waals surface area contributed by atoms with Gasteiger partial charge in [-0.2, -0.15) is 4.31 Å². The van der Waals surface area contributed by atoms with E-state index in [1.807, 2.05) is 19.1 Å². The Hall–Kier alpha value is -0.910. The lowest BCUT2D eigenvalue weighted by atomic mass is 10.0. The molecule has 1 atom stereocenters. The lowest BCUT2D eigenvalue weighted by Crippen LogP contribution is -2.39. The zero-order chi connectivity index (χ0) is 22.0. The van der Waals surface area contributed by atoms with E-state index >= 15 is 0 Å². The fourth-order valence-corrected chi connectivity index (χ4v) is 5.44. The second kappa shape index (κ2) is 14.3. The van der Waals surface area contributed by atoms with Gasteiger partial charge in [0, 0.05) is 39.8 Å². The van der Waals surface area contributed by atoms with Gasteiger partial charge in [0.25, 0.3) is 0 Å². The predicted molar refractivity (Wildman–Crippen MR) is 138 cm³/mol. The largest absolute Gasteiger partial charge is 0.378 e. The van der Waals surface area contributed by atoms with E-state index < -0.39 is 10.0 Å². The minimum atomic E-state index is -3.47. The van der Waals surface area contributed by atoms with Crippen molar-refractivity contribution < 1.29 is 13.2 Å². The molecule has 0 aromatic heterocycles. The zero-order valence-corrected chi connectivity index (χ0v) is 22.4. The first-order valence-corrected chi connectivity index (χ1v) is 12.5. The number of nitrogens with zero attached hydrogens (tertiary/aromatic N) is 2. The quantitative estimate of drug-likeness (QED) is 0.257. The highest BCUT2D eigenvalue weighted by molar-refractivity contribution is 14.0. The molecule has 1 aliphatic heterocycles. The van der Waals surface area contributed by atoms with Crippen LogP contribution in [0, 0.1) is 5.92 Å². The molecule has 7 nitrogen and oxygen atoms in total. The molecule has 1 saturated heterocycles. The first-order valence-electron chi connectivity index (χ1n) is 11.0. The summed E-state index contributed by atoms with van der Waals surface area (Å²) >= 11 is 0. The molecule has 1 aromatic carbocycles. The van der Waals surface area contributed by atoms with Crippen molar-refractivity contribution in [1.82, 2.24) is 14.9 Å². The van der Waals surface area contributed by atoms with E-state index in [2.05, 4.69) is 29.5 Å². The summed E-state index contributed by atoms with van der Waals surface area (Å²) in [5, 5.41) is 6.56. The number of piperidine rings is 1. The summed E-state index contributed by atoms with van der Waals surface area (Å²) in [6.07, 6.45) is 4.03. The molecule has 1 fully saturated rings. The second-order valence-electron chi connectivity index (χ2n) is 7.95. The van der Waals surface area contributed by atoms with Gasteiger partial charge in [0.15, 0.2) is 5.96 Å². The second-order valence-corrected chi connectivity index (χ2v) is 9.86. The van der Waals surface area contributed by atoms with Crippen LogP contribution in [0.15, 0.2) is 34.2 Å². The molecule has 0 saturated carbocycles. The number of ether oxygens (including phenoxy) is 1. The van der Waals surface area contributed by atoms with Crippen LogP contribution in [0.1, 0.15) is 52.0 Å². The van der Waals surface area contributed by atoms with Gasteiger partial charge in [0.1, 0.15) is 0 Å². The van der Waals surface area contributed by atoms with Crippen molar-refractivity contribution in [3.63, 3.8) is 0 Å². The standard InChI is InChI=1S/C22H38N4O3S.HI/c1-5-29-20(18(2)3)13-14-24-22(23-4)25-17-19-11-7-8-12-21(19)30(27,28)26-15-9-6-10-16-26;/h7-8,11-12,18,20H,5-6,9-10,13-17H2,1-4H3,(H2,23,24,25);1H. The summed E-state index contributed by atoms with van der Waals surface area (Å²) in [5.41, 5.74) is 0.750. The van der Waals surface area contributed by atoms with Gasteiger partial charge in [-0.15, -0.1) is 24.0 Å². The Morgan fingerprint density at radius 1 is 1.16 bits per heavy atom. The number of hydrogen-bond acceptors (Lipinski definition) is 4. The normalized spacial score (nSPS) is 16.6. The van der Waals surface area contributed by atoms with Crippen molar-refractivity contribution in [3.05, 3.63) is 29.8 Å². The number of guanidine groups is 1. The average Bonchev–Trinajstić information content (AvgIpc) is 2.76. The minimum absolute atomic E-state index is 0. The summed E-state index contributed by atoms with van der Waals surface area (Å²) in [5.74, 6) is 1.10. The Morgan fingerprint density at radius 3 is 2.45 bits per heavy atom. The van der Waals surface area contributed by atoms with Crippen molar-refractivity contribution in [2.45, 2.75) is 64.0 Å². The number of rotatable bonds is 10. The van der Waals surface area contributed by atoms with E-state index in [1.54, 1.807) is 23.5 Å². The van der Waals surface area contributed by atoms with Crippen LogP contribution < -0.4 is 10.6 Å². The Bertz CT molecular complexity index is 781.